The predicted octanol–water partition coefficient (Wildman–Crippen LogP) is 5.15. The highest BCUT2D eigenvalue weighted by Crippen LogP contribution is 2.28. The lowest BCUT2D eigenvalue weighted by Crippen LogP contribution is -2.57. The van der Waals surface area contributed by atoms with E-state index in [1.807, 2.05) is 24.5 Å². The second-order valence-electron chi connectivity index (χ2n) is 12.2. The van der Waals surface area contributed by atoms with Crippen molar-refractivity contribution in [2.75, 3.05) is 13.1 Å². The molecule has 2 saturated carbocycles. The van der Waals surface area contributed by atoms with Gasteiger partial charge in [-0.05, 0) is 76.6 Å². The van der Waals surface area contributed by atoms with Crippen LogP contribution in [0.25, 0.3) is 0 Å². The Labute approximate surface area is 231 Å². The number of hydrogen-bond donors (Lipinski definition) is 2. The molecule has 6 unspecified atom stereocenters. The summed E-state index contributed by atoms with van der Waals surface area (Å²) in [4.78, 5) is 15.0. The fourth-order valence-corrected chi connectivity index (χ4v) is 7.23. The maximum absolute atomic E-state index is 4.71. The minimum atomic E-state index is 0.500. The van der Waals surface area contributed by atoms with Crippen molar-refractivity contribution in [1.82, 2.24) is 30.4 Å². The van der Waals surface area contributed by atoms with Gasteiger partial charge in [-0.3, -0.25) is 19.8 Å². The average Bonchev–Trinajstić information content (AvgIpc) is 2.95. The lowest BCUT2D eigenvalue weighted by molar-refractivity contribution is 0.0800. The summed E-state index contributed by atoms with van der Waals surface area (Å²) in [6.07, 6.45) is 16.7. The van der Waals surface area contributed by atoms with Gasteiger partial charge in [0.15, 0.2) is 0 Å². The first kappa shape index (κ1) is 27.7. The monoisotopic (exact) mass is 518 g/mol. The van der Waals surface area contributed by atoms with Crippen LogP contribution in [0.3, 0.4) is 0 Å². The molecule has 3 fully saturated rings. The number of pyridine rings is 2. The van der Waals surface area contributed by atoms with E-state index in [2.05, 4.69) is 58.5 Å². The Morgan fingerprint density at radius 1 is 0.632 bits per heavy atom. The molecule has 0 amide bonds. The van der Waals surface area contributed by atoms with E-state index in [-0.39, 0.29) is 0 Å². The first-order valence-corrected chi connectivity index (χ1v) is 15.5. The van der Waals surface area contributed by atoms with Crippen molar-refractivity contribution in [1.29, 1.82) is 0 Å². The highest BCUT2D eigenvalue weighted by Gasteiger charge is 2.34. The van der Waals surface area contributed by atoms with Crippen LogP contribution in [0.2, 0.25) is 0 Å². The minimum Gasteiger partial charge on any atom is -0.310 e. The van der Waals surface area contributed by atoms with Gasteiger partial charge in [0.1, 0.15) is 0 Å². The molecule has 3 aliphatic rings. The molecule has 0 aromatic carbocycles. The summed E-state index contributed by atoms with van der Waals surface area (Å²) in [6, 6.07) is 16.0. The molecule has 2 aromatic heterocycles. The maximum atomic E-state index is 4.71. The van der Waals surface area contributed by atoms with Gasteiger partial charge in [0, 0.05) is 74.8 Å². The van der Waals surface area contributed by atoms with Crippen molar-refractivity contribution in [3.63, 3.8) is 0 Å². The van der Waals surface area contributed by atoms with Gasteiger partial charge >= 0.3 is 0 Å². The Hall–Kier alpha value is -1.86. The normalized spacial score (nSPS) is 32.6. The van der Waals surface area contributed by atoms with Crippen LogP contribution in [-0.4, -0.2) is 69.1 Å². The molecule has 0 bridgehead atoms. The van der Waals surface area contributed by atoms with E-state index in [9.17, 15) is 0 Å². The number of nitrogens with zero attached hydrogens (tertiary/aromatic N) is 4. The van der Waals surface area contributed by atoms with Gasteiger partial charge in [-0.1, -0.05) is 37.8 Å². The Kier molecular flexibility index (Phi) is 10.2. The summed E-state index contributed by atoms with van der Waals surface area (Å²) in [5.74, 6) is 0. The third kappa shape index (κ3) is 7.62. The molecule has 2 aliphatic carbocycles. The number of nitrogens with one attached hydrogen (secondary N) is 2. The van der Waals surface area contributed by atoms with Gasteiger partial charge in [0.05, 0.1) is 11.4 Å². The molecule has 6 nitrogen and oxygen atoms in total. The van der Waals surface area contributed by atoms with Gasteiger partial charge in [0.25, 0.3) is 0 Å². The number of rotatable bonds is 4. The third-order valence-corrected chi connectivity index (χ3v) is 9.28. The molecule has 6 atom stereocenters. The highest BCUT2D eigenvalue weighted by atomic mass is 15.2. The van der Waals surface area contributed by atoms with E-state index in [4.69, 9.17) is 9.97 Å². The zero-order chi connectivity index (χ0) is 26.2. The summed E-state index contributed by atoms with van der Waals surface area (Å²) in [7, 11) is 0. The topological polar surface area (TPSA) is 56.3 Å². The van der Waals surface area contributed by atoms with Crippen LogP contribution in [0.1, 0.15) is 89.4 Å². The Morgan fingerprint density at radius 3 is 1.50 bits per heavy atom. The summed E-state index contributed by atoms with van der Waals surface area (Å²) < 4.78 is 0. The molecule has 2 N–H and O–H groups in total. The van der Waals surface area contributed by atoms with Gasteiger partial charge in [-0.25, -0.2) is 0 Å². The fraction of sp³-hybridized carbons (Fsp3) is 0.688. The van der Waals surface area contributed by atoms with Crippen LogP contribution in [-0.2, 0) is 13.1 Å². The zero-order valence-corrected chi connectivity index (χ0v) is 23.8. The molecule has 1 aliphatic heterocycles. The molecule has 5 rings (SSSR count). The minimum absolute atomic E-state index is 0.500. The van der Waals surface area contributed by atoms with E-state index < -0.39 is 0 Å². The molecule has 208 valence electrons. The van der Waals surface area contributed by atoms with Crippen LogP contribution in [0.15, 0.2) is 48.8 Å². The SMILES string of the molecule is CC1CCN(Cc2ccccn2)C2CCCCC2NC(C)CCN(Cc2ccccn2)C2CCCCC2N1. The van der Waals surface area contributed by atoms with Crippen LogP contribution < -0.4 is 10.6 Å². The van der Waals surface area contributed by atoms with E-state index in [0.29, 0.717) is 36.3 Å². The smallest absolute Gasteiger partial charge is 0.0544 e. The van der Waals surface area contributed by atoms with Gasteiger partial charge in [-0.15, -0.1) is 0 Å². The Morgan fingerprint density at radius 2 is 1.08 bits per heavy atom. The van der Waals surface area contributed by atoms with Crippen molar-refractivity contribution in [3.8, 4) is 0 Å². The van der Waals surface area contributed by atoms with Crippen LogP contribution in [0.4, 0.5) is 0 Å². The standard InChI is InChI=1S/C32H50N6/c1-25-17-21-37(23-27-11-7-9-19-33-27)32-16-6-4-14-30(32)36-26(2)18-22-38(24-28-12-8-10-20-34-28)31-15-5-3-13-29(31)35-25/h7-12,19-20,25-26,29-32,35-36H,3-6,13-18,21-24H2,1-2H3. The number of hydrogen-bond acceptors (Lipinski definition) is 6. The fourth-order valence-electron chi connectivity index (χ4n) is 7.23. The van der Waals surface area contributed by atoms with E-state index >= 15 is 0 Å². The first-order valence-electron chi connectivity index (χ1n) is 15.5. The van der Waals surface area contributed by atoms with Gasteiger partial charge in [-0.2, -0.15) is 0 Å². The van der Waals surface area contributed by atoms with E-state index in [0.717, 1.165) is 26.2 Å². The first-order chi connectivity index (χ1) is 18.7. The third-order valence-electron chi connectivity index (χ3n) is 9.28. The molecular formula is C32H50N6. The number of aromatic nitrogens is 2. The average molecular weight is 519 g/mol. The zero-order valence-electron chi connectivity index (χ0n) is 23.8. The Balaban J connectivity index is 1.37. The molecular weight excluding hydrogens is 468 g/mol. The molecule has 6 heteroatoms. The molecule has 1 saturated heterocycles. The quantitative estimate of drug-likeness (QED) is 0.584. The molecule has 38 heavy (non-hydrogen) atoms. The summed E-state index contributed by atoms with van der Waals surface area (Å²) in [6.45, 7) is 8.98. The van der Waals surface area contributed by atoms with Crippen molar-refractivity contribution < 1.29 is 0 Å². The van der Waals surface area contributed by atoms with Crippen molar-refractivity contribution in [3.05, 3.63) is 60.2 Å². The van der Waals surface area contributed by atoms with Crippen molar-refractivity contribution >= 4 is 0 Å². The summed E-state index contributed by atoms with van der Waals surface area (Å²) in [5, 5.41) is 8.27. The predicted molar refractivity (Wildman–Crippen MR) is 156 cm³/mol. The summed E-state index contributed by atoms with van der Waals surface area (Å²) in [5.41, 5.74) is 2.40. The number of fused-ring (bicyclic) bond motifs is 2. The highest BCUT2D eigenvalue weighted by molar-refractivity contribution is 5.06. The van der Waals surface area contributed by atoms with Crippen LogP contribution >= 0.6 is 0 Å². The van der Waals surface area contributed by atoms with Crippen molar-refractivity contribution in [2.24, 2.45) is 0 Å². The molecule has 3 heterocycles. The van der Waals surface area contributed by atoms with E-state index in [1.165, 1.54) is 75.6 Å². The van der Waals surface area contributed by atoms with Crippen molar-refractivity contribution in [2.45, 2.75) is 127 Å². The Bertz CT molecular complexity index is 862. The second kappa shape index (κ2) is 14.0. The largest absolute Gasteiger partial charge is 0.310 e. The molecule has 2 aromatic rings. The summed E-state index contributed by atoms with van der Waals surface area (Å²) >= 11 is 0. The maximum Gasteiger partial charge on any atom is 0.0544 e. The van der Waals surface area contributed by atoms with E-state index in [1.54, 1.807) is 0 Å². The lowest BCUT2D eigenvalue weighted by atomic mass is 9.86. The van der Waals surface area contributed by atoms with Crippen LogP contribution in [0, 0.1) is 0 Å². The second-order valence-corrected chi connectivity index (χ2v) is 12.2. The van der Waals surface area contributed by atoms with Gasteiger partial charge < -0.3 is 10.6 Å². The molecule has 0 radical (unpaired) electrons. The molecule has 0 spiro atoms. The van der Waals surface area contributed by atoms with Crippen LogP contribution in [0.5, 0.6) is 0 Å². The lowest BCUT2D eigenvalue weighted by Gasteiger charge is -2.44. The van der Waals surface area contributed by atoms with Gasteiger partial charge in [0.2, 0.25) is 0 Å².